The highest BCUT2D eigenvalue weighted by molar-refractivity contribution is 7.09. The highest BCUT2D eigenvalue weighted by Crippen LogP contribution is 2.31. The Morgan fingerprint density at radius 1 is 1.50 bits per heavy atom. The fraction of sp³-hybridized carbons (Fsp3) is 0.692. The number of likely N-dealkylation sites (N-methyl/N-ethyl adjacent to an activating group) is 1. The smallest absolute Gasteiger partial charge is 0.368 e. The van der Waals surface area contributed by atoms with Crippen molar-refractivity contribution in [2.75, 3.05) is 27.2 Å². The van der Waals surface area contributed by atoms with Crippen LogP contribution in [0, 0.1) is 0 Å². The van der Waals surface area contributed by atoms with Gasteiger partial charge in [0, 0.05) is 19.5 Å². The number of halogens is 3. The summed E-state index contributed by atoms with van der Waals surface area (Å²) in [6.07, 6.45) is -3.38. The lowest BCUT2D eigenvalue weighted by molar-refractivity contribution is -0.157. The molecule has 0 aromatic carbocycles. The van der Waals surface area contributed by atoms with Crippen molar-refractivity contribution in [2.45, 2.75) is 31.2 Å². The fourth-order valence-electron chi connectivity index (χ4n) is 2.47. The maximum Gasteiger partial charge on any atom is 0.434 e. The number of hydrogen-bond acceptors (Lipinski definition) is 5. The minimum Gasteiger partial charge on any atom is -0.368 e. The third kappa shape index (κ3) is 3.58. The van der Waals surface area contributed by atoms with Crippen LogP contribution in [0.3, 0.4) is 0 Å². The molecule has 1 aromatic heterocycles. The molecule has 0 spiro atoms. The number of carbonyl (C=O) groups excluding carboxylic acids is 1. The normalized spacial score (nSPS) is 18.2. The zero-order valence-corrected chi connectivity index (χ0v) is 13.2. The number of aromatic nitrogens is 1. The predicted octanol–water partition coefficient (Wildman–Crippen LogP) is 1.89. The lowest BCUT2D eigenvalue weighted by Crippen LogP contribution is -2.54. The number of methoxy groups -OCH3 is 1. The lowest BCUT2D eigenvalue weighted by Gasteiger charge is -2.37. The molecule has 0 aliphatic carbocycles. The molecule has 2 heterocycles. The summed E-state index contributed by atoms with van der Waals surface area (Å²) in [5.41, 5.74) is -1.82. The molecule has 0 saturated carbocycles. The molecule has 0 bridgehead atoms. The summed E-state index contributed by atoms with van der Waals surface area (Å²) in [5, 5.41) is 4.37. The molecule has 1 aromatic rings. The number of hydrogen-bond donors (Lipinski definition) is 1. The Morgan fingerprint density at radius 3 is 2.64 bits per heavy atom. The first-order valence-corrected chi connectivity index (χ1v) is 7.69. The molecular formula is C13H18F3N3O2S. The number of nitrogens with zero attached hydrogens (tertiary/aromatic N) is 2. The molecule has 1 N–H and O–H groups in total. The van der Waals surface area contributed by atoms with Crippen LogP contribution < -0.4 is 5.32 Å². The van der Waals surface area contributed by atoms with E-state index in [9.17, 15) is 18.0 Å². The van der Waals surface area contributed by atoms with Crippen LogP contribution in [-0.2, 0) is 22.3 Å². The Hall–Kier alpha value is -1.19. The second-order valence-corrected chi connectivity index (χ2v) is 6.18. The number of carbonyl (C=O) groups is 1. The van der Waals surface area contributed by atoms with Crippen LogP contribution in [0.4, 0.5) is 13.2 Å². The minimum atomic E-state index is -4.46. The van der Waals surface area contributed by atoms with Crippen LogP contribution in [0.5, 0.6) is 0 Å². The summed E-state index contributed by atoms with van der Waals surface area (Å²) < 4.78 is 43.1. The minimum absolute atomic E-state index is 0.0398. The molecule has 0 radical (unpaired) electrons. The summed E-state index contributed by atoms with van der Waals surface area (Å²) in [6, 6.07) is 0. The number of nitrogens with one attached hydrogen (secondary N) is 1. The Balaban J connectivity index is 2.06. The van der Waals surface area contributed by atoms with Gasteiger partial charge in [-0.1, -0.05) is 0 Å². The molecule has 2 rings (SSSR count). The Bertz CT molecular complexity index is 527. The van der Waals surface area contributed by atoms with E-state index < -0.39 is 17.5 Å². The molecule has 5 nitrogen and oxygen atoms in total. The summed E-state index contributed by atoms with van der Waals surface area (Å²) in [7, 11) is 3.04. The molecular weight excluding hydrogens is 319 g/mol. The van der Waals surface area contributed by atoms with Gasteiger partial charge in [-0.25, -0.2) is 4.98 Å². The number of thiazole rings is 1. The van der Waals surface area contributed by atoms with E-state index >= 15 is 0 Å². The van der Waals surface area contributed by atoms with Crippen molar-refractivity contribution in [1.82, 2.24) is 15.2 Å². The van der Waals surface area contributed by atoms with E-state index in [1.807, 2.05) is 0 Å². The zero-order chi connectivity index (χ0) is 16.4. The van der Waals surface area contributed by atoms with E-state index in [2.05, 4.69) is 10.3 Å². The highest BCUT2D eigenvalue weighted by Gasteiger charge is 2.41. The first-order chi connectivity index (χ1) is 10.3. The maximum atomic E-state index is 12.6. The Morgan fingerprint density at radius 2 is 2.14 bits per heavy atom. The Kier molecular flexibility index (Phi) is 5.08. The van der Waals surface area contributed by atoms with Gasteiger partial charge in [-0.15, -0.1) is 11.3 Å². The molecule has 1 aliphatic heterocycles. The molecule has 9 heteroatoms. The van der Waals surface area contributed by atoms with E-state index in [-0.39, 0.29) is 17.5 Å². The van der Waals surface area contributed by atoms with Crippen LogP contribution in [0.1, 0.15) is 23.5 Å². The third-order valence-corrected chi connectivity index (χ3v) is 4.59. The van der Waals surface area contributed by atoms with E-state index in [1.165, 1.54) is 12.0 Å². The largest absolute Gasteiger partial charge is 0.434 e. The average molecular weight is 337 g/mol. The van der Waals surface area contributed by atoms with E-state index in [0.29, 0.717) is 25.9 Å². The van der Waals surface area contributed by atoms with E-state index in [0.717, 1.165) is 16.7 Å². The van der Waals surface area contributed by atoms with Gasteiger partial charge >= 0.3 is 6.18 Å². The van der Waals surface area contributed by atoms with Crippen LogP contribution in [-0.4, -0.2) is 48.6 Å². The molecule has 0 atom stereocenters. The summed E-state index contributed by atoms with van der Waals surface area (Å²) >= 11 is 0.897. The fourth-order valence-corrected chi connectivity index (χ4v) is 3.33. The molecule has 1 aliphatic rings. The van der Waals surface area contributed by atoms with Gasteiger partial charge in [0.25, 0.3) is 5.91 Å². The summed E-state index contributed by atoms with van der Waals surface area (Å²) in [5.74, 6) is -0.222. The molecule has 124 valence electrons. The van der Waals surface area contributed by atoms with Gasteiger partial charge in [0.15, 0.2) is 5.69 Å². The van der Waals surface area contributed by atoms with Crippen molar-refractivity contribution in [3.05, 3.63) is 16.1 Å². The van der Waals surface area contributed by atoms with Gasteiger partial charge in [-0.2, -0.15) is 13.2 Å². The van der Waals surface area contributed by atoms with Gasteiger partial charge < -0.3 is 15.0 Å². The van der Waals surface area contributed by atoms with Gasteiger partial charge in [0.05, 0.1) is 6.54 Å². The molecule has 22 heavy (non-hydrogen) atoms. The van der Waals surface area contributed by atoms with Crippen LogP contribution >= 0.6 is 11.3 Å². The highest BCUT2D eigenvalue weighted by atomic mass is 32.1. The second kappa shape index (κ2) is 6.51. The molecule has 1 saturated heterocycles. The molecule has 1 amide bonds. The van der Waals surface area contributed by atoms with Crippen molar-refractivity contribution in [1.29, 1.82) is 0 Å². The van der Waals surface area contributed by atoms with Crippen LogP contribution in [0.15, 0.2) is 5.38 Å². The molecule has 1 fully saturated rings. The number of piperidine rings is 1. The summed E-state index contributed by atoms with van der Waals surface area (Å²) in [4.78, 5) is 17.5. The van der Waals surface area contributed by atoms with Gasteiger partial charge in [-0.05, 0) is 25.9 Å². The van der Waals surface area contributed by atoms with E-state index in [1.54, 1.807) is 7.05 Å². The lowest BCUT2D eigenvalue weighted by atomic mass is 9.90. The van der Waals surface area contributed by atoms with E-state index in [4.69, 9.17) is 4.74 Å². The number of alkyl halides is 3. The first kappa shape index (κ1) is 17.2. The topological polar surface area (TPSA) is 54.5 Å². The zero-order valence-electron chi connectivity index (χ0n) is 12.4. The molecule has 0 unspecified atom stereocenters. The third-order valence-electron chi connectivity index (χ3n) is 3.75. The van der Waals surface area contributed by atoms with Crippen molar-refractivity contribution in [3.8, 4) is 0 Å². The quantitative estimate of drug-likeness (QED) is 0.912. The Labute approximate surface area is 130 Å². The van der Waals surface area contributed by atoms with Crippen LogP contribution in [0.25, 0.3) is 0 Å². The van der Waals surface area contributed by atoms with Crippen molar-refractivity contribution >= 4 is 17.2 Å². The first-order valence-electron chi connectivity index (χ1n) is 6.81. The predicted molar refractivity (Wildman–Crippen MR) is 75.4 cm³/mol. The van der Waals surface area contributed by atoms with Gasteiger partial charge in [-0.3, -0.25) is 4.79 Å². The van der Waals surface area contributed by atoms with Gasteiger partial charge in [0.2, 0.25) is 0 Å². The summed E-state index contributed by atoms with van der Waals surface area (Å²) in [6.45, 7) is 1.38. The number of ether oxygens (including phenoxy) is 1. The maximum absolute atomic E-state index is 12.6. The average Bonchev–Trinajstić information content (AvgIpc) is 2.95. The number of amides is 1. The standard InChI is InChI=1S/C13H18F3N3O2S/c1-19(7-10-18-9(8-22-10)13(14,15)16)11(20)12(21-2)3-5-17-6-4-12/h8,17H,3-7H2,1-2H3. The van der Waals surface area contributed by atoms with Crippen molar-refractivity contribution in [3.63, 3.8) is 0 Å². The van der Waals surface area contributed by atoms with Crippen LogP contribution in [0.2, 0.25) is 0 Å². The second-order valence-electron chi connectivity index (χ2n) is 5.23. The van der Waals surface area contributed by atoms with Gasteiger partial charge in [0.1, 0.15) is 10.6 Å². The number of rotatable bonds is 4. The van der Waals surface area contributed by atoms with Crippen molar-refractivity contribution in [2.24, 2.45) is 0 Å². The monoisotopic (exact) mass is 337 g/mol. The SMILES string of the molecule is COC1(C(=O)N(C)Cc2nc(C(F)(F)F)cs2)CCNCC1. The van der Waals surface area contributed by atoms with Crippen molar-refractivity contribution < 1.29 is 22.7 Å².